The first kappa shape index (κ1) is 12.1. The van der Waals surface area contributed by atoms with Crippen LogP contribution in [0.25, 0.3) is 0 Å². The number of aromatic nitrogens is 2. The van der Waals surface area contributed by atoms with Crippen LogP contribution < -0.4 is 5.73 Å². The molecule has 1 amide bonds. The molecule has 5 nitrogen and oxygen atoms in total. The van der Waals surface area contributed by atoms with Crippen molar-refractivity contribution >= 4 is 5.91 Å². The Morgan fingerprint density at radius 2 is 2.29 bits per heavy atom. The minimum absolute atomic E-state index is 0.0152. The van der Waals surface area contributed by atoms with E-state index in [-0.39, 0.29) is 18.0 Å². The molecule has 0 spiro atoms. The minimum atomic E-state index is -0.120. The van der Waals surface area contributed by atoms with Gasteiger partial charge in [0.2, 0.25) is 5.91 Å². The number of amides is 1. The second kappa shape index (κ2) is 4.49. The van der Waals surface area contributed by atoms with Gasteiger partial charge in [-0.3, -0.25) is 9.48 Å². The third-order valence-electron chi connectivity index (χ3n) is 3.10. The van der Waals surface area contributed by atoms with Crippen LogP contribution in [-0.4, -0.2) is 33.2 Å². The monoisotopic (exact) mass is 236 g/mol. The summed E-state index contributed by atoms with van der Waals surface area (Å²) in [7, 11) is 1.87. The van der Waals surface area contributed by atoms with Crippen LogP contribution in [0, 0.1) is 5.92 Å². The maximum Gasteiger partial charge on any atom is 0.224 e. The molecule has 1 aromatic heterocycles. The normalized spacial score (nSPS) is 25.0. The minimum Gasteiger partial charge on any atom is -0.334 e. The zero-order valence-corrected chi connectivity index (χ0v) is 10.6. The van der Waals surface area contributed by atoms with Crippen molar-refractivity contribution in [2.24, 2.45) is 18.7 Å². The van der Waals surface area contributed by atoms with Crippen molar-refractivity contribution in [1.82, 2.24) is 14.7 Å². The molecule has 0 radical (unpaired) electrons. The Hall–Kier alpha value is -1.36. The number of likely N-dealkylation sites (tertiary alicyclic amines) is 1. The highest BCUT2D eigenvalue weighted by molar-refractivity contribution is 5.80. The number of nitrogens with zero attached hydrogens (tertiary/aromatic N) is 3. The van der Waals surface area contributed by atoms with Crippen LogP contribution in [-0.2, 0) is 11.8 Å². The number of carbonyl (C=O) groups excluding carboxylic acids is 1. The summed E-state index contributed by atoms with van der Waals surface area (Å²) in [6.07, 6.45) is 4.18. The van der Waals surface area contributed by atoms with E-state index in [2.05, 4.69) is 18.9 Å². The van der Waals surface area contributed by atoms with Gasteiger partial charge in [0.1, 0.15) is 0 Å². The Kier molecular flexibility index (Phi) is 3.19. The van der Waals surface area contributed by atoms with E-state index in [1.807, 2.05) is 18.1 Å². The molecule has 1 aliphatic heterocycles. The van der Waals surface area contributed by atoms with Crippen molar-refractivity contribution in [2.45, 2.75) is 32.4 Å². The standard InChI is InChI=1S/C12H20N4O/c1-8(2)6-16-11(17)4-10(13)12(16)9-5-14-15(3)7-9/h5,7-8,10,12H,4,6,13H2,1-3H3. The lowest BCUT2D eigenvalue weighted by Gasteiger charge is -2.27. The molecule has 1 aliphatic rings. The molecule has 94 valence electrons. The quantitative estimate of drug-likeness (QED) is 0.839. The van der Waals surface area contributed by atoms with Crippen LogP contribution in [0.15, 0.2) is 12.4 Å². The summed E-state index contributed by atoms with van der Waals surface area (Å²) in [4.78, 5) is 13.8. The van der Waals surface area contributed by atoms with E-state index in [1.54, 1.807) is 10.9 Å². The average molecular weight is 236 g/mol. The van der Waals surface area contributed by atoms with Gasteiger partial charge in [-0.05, 0) is 5.92 Å². The molecule has 0 saturated carbocycles. The number of hydrogen-bond donors (Lipinski definition) is 1. The Morgan fingerprint density at radius 3 is 2.82 bits per heavy atom. The second-order valence-electron chi connectivity index (χ2n) is 5.20. The fourth-order valence-corrected chi connectivity index (χ4v) is 2.45. The van der Waals surface area contributed by atoms with Gasteiger partial charge in [-0.2, -0.15) is 5.10 Å². The van der Waals surface area contributed by atoms with Gasteiger partial charge < -0.3 is 10.6 Å². The van der Waals surface area contributed by atoms with Crippen molar-refractivity contribution in [3.8, 4) is 0 Å². The molecule has 0 aliphatic carbocycles. The van der Waals surface area contributed by atoms with Crippen molar-refractivity contribution < 1.29 is 4.79 Å². The maximum atomic E-state index is 11.9. The number of rotatable bonds is 3. The summed E-state index contributed by atoms with van der Waals surface area (Å²) < 4.78 is 1.75. The fraction of sp³-hybridized carbons (Fsp3) is 0.667. The Labute approximate surface area is 102 Å². The molecule has 2 N–H and O–H groups in total. The Bertz CT molecular complexity index is 412. The van der Waals surface area contributed by atoms with Gasteiger partial charge in [-0.25, -0.2) is 0 Å². The lowest BCUT2D eigenvalue weighted by Crippen LogP contribution is -2.35. The van der Waals surface area contributed by atoms with E-state index >= 15 is 0 Å². The highest BCUT2D eigenvalue weighted by atomic mass is 16.2. The molecular formula is C12H20N4O. The molecule has 0 bridgehead atoms. The number of nitrogens with two attached hydrogens (primary N) is 1. The predicted molar refractivity (Wildman–Crippen MR) is 65.1 cm³/mol. The smallest absolute Gasteiger partial charge is 0.224 e. The topological polar surface area (TPSA) is 64.2 Å². The van der Waals surface area contributed by atoms with Gasteiger partial charge in [-0.15, -0.1) is 0 Å². The molecule has 2 unspecified atom stereocenters. The third kappa shape index (κ3) is 2.34. The predicted octanol–water partition coefficient (Wildman–Crippen LogP) is 0.677. The second-order valence-corrected chi connectivity index (χ2v) is 5.20. The summed E-state index contributed by atoms with van der Waals surface area (Å²) in [5.41, 5.74) is 7.11. The van der Waals surface area contributed by atoms with E-state index < -0.39 is 0 Å². The molecule has 5 heteroatoms. The van der Waals surface area contributed by atoms with Gasteiger partial charge in [0.15, 0.2) is 0 Å². The summed E-state index contributed by atoms with van der Waals surface area (Å²) in [6, 6.07) is -0.135. The molecule has 2 atom stereocenters. The van der Waals surface area contributed by atoms with Crippen LogP contribution in [0.5, 0.6) is 0 Å². The number of aryl methyl sites for hydroxylation is 1. The highest BCUT2D eigenvalue weighted by Gasteiger charge is 2.39. The lowest BCUT2D eigenvalue weighted by atomic mass is 10.0. The van der Waals surface area contributed by atoms with Crippen molar-refractivity contribution in [3.63, 3.8) is 0 Å². The van der Waals surface area contributed by atoms with Crippen LogP contribution >= 0.6 is 0 Å². The van der Waals surface area contributed by atoms with E-state index in [0.717, 1.165) is 12.1 Å². The van der Waals surface area contributed by atoms with E-state index in [4.69, 9.17) is 5.73 Å². The summed E-state index contributed by atoms with van der Waals surface area (Å²) in [5.74, 6) is 0.600. The van der Waals surface area contributed by atoms with Gasteiger partial charge in [0, 0.05) is 37.8 Å². The summed E-state index contributed by atoms with van der Waals surface area (Å²) in [5, 5.41) is 4.16. The molecular weight excluding hydrogens is 216 g/mol. The number of carbonyl (C=O) groups is 1. The van der Waals surface area contributed by atoms with Crippen molar-refractivity contribution in [1.29, 1.82) is 0 Å². The van der Waals surface area contributed by atoms with Crippen molar-refractivity contribution in [3.05, 3.63) is 18.0 Å². The first-order valence-electron chi connectivity index (χ1n) is 6.02. The van der Waals surface area contributed by atoms with E-state index in [1.165, 1.54) is 0 Å². The van der Waals surface area contributed by atoms with Gasteiger partial charge >= 0.3 is 0 Å². The van der Waals surface area contributed by atoms with Crippen LogP contribution in [0.1, 0.15) is 31.9 Å². The average Bonchev–Trinajstić information content (AvgIpc) is 2.72. The number of hydrogen-bond acceptors (Lipinski definition) is 3. The molecule has 0 aromatic carbocycles. The summed E-state index contributed by atoms with van der Waals surface area (Å²) in [6.45, 7) is 4.97. The Morgan fingerprint density at radius 1 is 1.59 bits per heavy atom. The van der Waals surface area contributed by atoms with Gasteiger partial charge in [0.05, 0.1) is 12.2 Å². The Balaban J connectivity index is 2.25. The molecule has 2 rings (SSSR count). The van der Waals surface area contributed by atoms with Gasteiger partial charge in [-0.1, -0.05) is 13.8 Å². The highest BCUT2D eigenvalue weighted by Crippen LogP contribution is 2.32. The molecule has 2 heterocycles. The lowest BCUT2D eigenvalue weighted by molar-refractivity contribution is -0.129. The maximum absolute atomic E-state index is 11.9. The molecule has 1 saturated heterocycles. The zero-order valence-electron chi connectivity index (χ0n) is 10.6. The van der Waals surface area contributed by atoms with Crippen LogP contribution in [0.2, 0.25) is 0 Å². The van der Waals surface area contributed by atoms with E-state index in [0.29, 0.717) is 12.3 Å². The first-order valence-corrected chi connectivity index (χ1v) is 6.02. The van der Waals surface area contributed by atoms with Crippen molar-refractivity contribution in [2.75, 3.05) is 6.54 Å². The van der Waals surface area contributed by atoms with E-state index in [9.17, 15) is 4.79 Å². The molecule has 1 fully saturated rings. The third-order valence-corrected chi connectivity index (χ3v) is 3.10. The van der Waals surface area contributed by atoms with Gasteiger partial charge in [0.25, 0.3) is 0 Å². The fourth-order valence-electron chi connectivity index (χ4n) is 2.45. The zero-order chi connectivity index (χ0) is 12.6. The molecule has 17 heavy (non-hydrogen) atoms. The largest absolute Gasteiger partial charge is 0.334 e. The summed E-state index contributed by atoms with van der Waals surface area (Å²) >= 11 is 0. The SMILES string of the molecule is CC(C)CN1C(=O)CC(N)C1c1cnn(C)c1. The molecule has 1 aromatic rings. The van der Waals surface area contributed by atoms with Crippen LogP contribution in [0.4, 0.5) is 0 Å². The van der Waals surface area contributed by atoms with Crippen LogP contribution in [0.3, 0.4) is 0 Å². The first-order chi connectivity index (χ1) is 7.99.